The zero-order valence-electron chi connectivity index (χ0n) is 15.1. The van der Waals surface area contributed by atoms with Gasteiger partial charge in [-0.1, -0.05) is 32.1 Å². The van der Waals surface area contributed by atoms with E-state index >= 15 is 0 Å². The van der Waals surface area contributed by atoms with Gasteiger partial charge in [-0.15, -0.1) is 0 Å². The van der Waals surface area contributed by atoms with E-state index in [1.807, 2.05) is 0 Å². The van der Waals surface area contributed by atoms with Crippen LogP contribution in [0.4, 0.5) is 0 Å². The number of ether oxygens (including phenoxy) is 2. The smallest absolute Gasteiger partial charge is 0.328 e. The lowest BCUT2D eigenvalue weighted by Crippen LogP contribution is -2.43. The summed E-state index contributed by atoms with van der Waals surface area (Å²) in [6.45, 7) is 0. The predicted octanol–water partition coefficient (Wildman–Crippen LogP) is 2.21. The number of carbonyl (C=O) groups is 2. The van der Waals surface area contributed by atoms with Crippen LogP contribution in [0, 0.1) is 5.92 Å². The molecule has 8 heteroatoms. The molecule has 1 heterocycles. The number of carbonyl (C=O) groups excluding carboxylic acids is 2. The van der Waals surface area contributed by atoms with Crippen LogP contribution in [0.5, 0.6) is 5.75 Å². The van der Waals surface area contributed by atoms with Crippen molar-refractivity contribution < 1.29 is 19.1 Å². The Balaban J connectivity index is 1.79. The third-order valence-corrected chi connectivity index (χ3v) is 4.97. The zero-order valence-corrected chi connectivity index (χ0v) is 15.1. The number of fused-ring (bicyclic) bond motifs is 1. The normalized spacial score (nSPS) is 16.2. The van der Waals surface area contributed by atoms with Crippen molar-refractivity contribution in [2.75, 3.05) is 14.2 Å². The number of esters is 1. The van der Waals surface area contributed by atoms with Crippen molar-refractivity contribution in [1.29, 1.82) is 0 Å². The fourth-order valence-electron chi connectivity index (χ4n) is 3.56. The zero-order chi connectivity index (χ0) is 18.5. The van der Waals surface area contributed by atoms with Gasteiger partial charge in [0.15, 0.2) is 0 Å². The van der Waals surface area contributed by atoms with Gasteiger partial charge in [-0.3, -0.25) is 4.79 Å². The highest BCUT2D eigenvalue weighted by molar-refractivity contribution is 6.01. The van der Waals surface area contributed by atoms with Crippen LogP contribution in [-0.4, -0.2) is 47.5 Å². The Kier molecular flexibility index (Phi) is 5.70. The standard InChI is InChI=1S/C18H24N4O4/c1-25-16-10-14-13(20-22-21-14)9-12(16)17(23)19-15(18(24)26-2)8-11-6-4-3-5-7-11/h9-11,15H,3-8H2,1-2H3,(H,19,23)(H,20,21,22). The maximum absolute atomic E-state index is 12.8. The van der Waals surface area contributed by atoms with E-state index in [4.69, 9.17) is 9.47 Å². The number of hydrogen-bond donors (Lipinski definition) is 2. The summed E-state index contributed by atoms with van der Waals surface area (Å²) in [4.78, 5) is 25.0. The van der Waals surface area contributed by atoms with Gasteiger partial charge in [-0.2, -0.15) is 15.4 Å². The number of hydrogen-bond acceptors (Lipinski definition) is 6. The second kappa shape index (κ2) is 8.16. The van der Waals surface area contributed by atoms with E-state index in [1.54, 1.807) is 12.1 Å². The van der Waals surface area contributed by atoms with Crippen LogP contribution in [0.15, 0.2) is 12.1 Å². The first kappa shape index (κ1) is 18.2. The minimum Gasteiger partial charge on any atom is -0.496 e. The average molecular weight is 360 g/mol. The summed E-state index contributed by atoms with van der Waals surface area (Å²) in [5, 5.41) is 13.3. The first-order chi connectivity index (χ1) is 12.6. The van der Waals surface area contributed by atoms with E-state index in [1.165, 1.54) is 33.5 Å². The molecule has 0 spiro atoms. The molecule has 1 saturated carbocycles. The lowest BCUT2D eigenvalue weighted by Gasteiger charge is -2.26. The number of amides is 1. The molecule has 26 heavy (non-hydrogen) atoms. The molecule has 0 aliphatic heterocycles. The third-order valence-electron chi connectivity index (χ3n) is 4.97. The molecule has 1 amide bonds. The second-order valence-electron chi connectivity index (χ2n) is 6.65. The molecular weight excluding hydrogens is 336 g/mol. The Labute approximate surface area is 151 Å². The summed E-state index contributed by atoms with van der Waals surface area (Å²) >= 11 is 0. The lowest BCUT2D eigenvalue weighted by atomic mass is 9.84. The third kappa shape index (κ3) is 3.95. The topological polar surface area (TPSA) is 106 Å². The highest BCUT2D eigenvalue weighted by Gasteiger charge is 2.28. The number of aromatic amines is 1. The van der Waals surface area contributed by atoms with E-state index in [-0.39, 0.29) is 0 Å². The summed E-state index contributed by atoms with van der Waals surface area (Å²) in [5.74, 6) is -0.0124. The minimum absolute atomic E-state index is 0.312. The highest BCUT2D eigenvalue weighted by Crippen LogP contribution is 2.28. The van der Waals surface area contributed by atoms with E-state index in [9.17, 15) is 9.59 Å². The molecular formula is C18H24N4O4. The number of benzene rings is 1. The van der Waals surface area contributed by atoms with Crippen molar-refractivity contribution in [2.45, 2.75) is 44.6 Å². The molecule has 1 aromatic carbocycles. The summed E-state index contributed by atoms with van der Waals surface area (Å²) in [5.41, 5.74) is 1.47. The minimum atomic E-state index is -0.673. The largest absolute Gasteiger partial charge is 0.496 e. The van der Waals surface area contributed by atoms with Gasteiger partial charge in [-0.25, -0.2) is 4.79 Å². The van der Waals surface area contributed by atoms with Gasteiger partial charge in [0.2, 0.25) is 0 Å². The molecule has 2 aromatic rings. The van der Waals surface area contributed by atoms with Gasteiger partial charge >= 0.3 is 5.97 Å². The Bertz CT molecular complexity index is 783. The molecule has 1 unspecified atom stereocenters. The fourth-order valence-corrected chi connectivity index (χ4v) is 3.56. The van der Waals surface area contributed by atoms with Crippen LogP contribution in [0.3, 0.4) is 0 Å². The van der Waals surface area contributed by atoms with Crippen molar-refractivity contribution >= 4 is 22.9 Å². The van der Waals surface area contributed by atoms with Gasteiger partial charge in [0.05, 0.1) is 19.8 Å². The SMILES string of the molecule is COC(=O)C(CC1CCCCC1)NC(=O)c1cc2n[nH]nc2cc1OC. The Morgan fingerprint density at radius 1 is 1.19 bits per heavy atom. The highest BCUT2D eigenvalue weighted by atomic mass is 16.5. The van der Waals surface area contributed by atoms with Crippen molar-refractivity contribution in [2.24, 2.45) is 5.92 Å². The van der Waals surface area contributed by atoms with Crippen LogP contribution >= 0.6 is 0 Å². The summed E-state index contributed by atoms with van der Waals surface area (Å²) in [6.07, 6.45) is 6.33. The summed E-state index contributed by atoms with van der Waals surface area (Å²) in [7, 11) is 2.82. The first-order valence-electron chi connectivity index (χ1n) is 8.89. The number of nitrogens with one attached hydrogen (secondary N) is 2. The quantitative estimate of drug-likeness (QED) is 0.765. The molecule has 1 aromatic heterocycles. The molecule has 3 rings (SSSR count). The molecule has 0 radical (unpaired) electrons. The Morgan fingerprint density at radius 3 is 2.54 bits per heavy atom. The van der Waals surface area contributed by atoms with Crippen molar-refractivity contribution in [3.63, 3.8) is 0 Å². The molecule has 8 nitrogen and oxygen atoms in total. The van der Waals surface area contributed by atoms with Gasteiger partial charge in [-0.05, 0) is 18.4 Å². The van der Waals surface area contributed by atoms with Crippen LogP contribution in [0.2, 0.25) is 0 Å². The average Bonchev–Trinajstić information content (AvgIpc) is 3.13. The number of H-pyrrole nitrogens is 1. The number of methoxy groups -OCH3 is 2. The van der Waals surface area contributed by atoms with Crippen LogP contribution in [-0.2, 0) is 9.53 Å². The Hall–Kier alpha value is -2.64. The summed E-state index contributed by atoms with van der Waals surface area (Å²) < 4.78 is 10.2. The molecule has 0 bridgehead atoms. The van der Waals surface area contributed by atoms with Gasteiger partial charge < -0.3 is 14.8 Å². The molecule has 1 atom stereocenters. The molecule has 1 aliphatic rings. The molecule has 0 saturated heterocycles. The van der Waals surface area contributed by atoms with Gasteiger partial charge in [0.1, 0.15) is 22.8 Å². The van der Waals surface area contributed by atoms with Gasteiger partial charge in [0, 0.05) is 6.07 Å². The first-order valence-corrected chi connectivity index (χ1v) is 8.89. The molecule has 140 valence electrons. The van der Waals surface area contributed by atoms with E-state index < -0.39 is 17.9 Å². The van der Waals surface area contributed by atoms with Crippen LogP contribution in [0.1, 0.15) is 48.9 Å². The number of aromatic nitrogens is 3. The second-order valence-corrected chi connectivity index (χ2v) is 6.65. The van der Waals surface area contributed by atoms with Crippen molar-refractivity contribution in [3.8, 4) is 5.75 Å². The molecule has 1 aliphatic carbocycles. The maximum atomic E-state index is 12.8. The van der Waals surface area contributed by atoms with Crippen LogP contribution < -0.4 is 10.1 Å². The lowest BCUT2D eigenvalue weighted by molar-refractivity contribution is -0.143. The number of rotatable bonds is 6. The summed E-state index contributed by atoms with van der Waals surface area (Å²) in [6, 6.07) is 2.57. The predicted molar refractivity (Wildman–Crippen MR) is 94.9 cm³/mol. The van der Waals surface area contributed by atoms with Crippen molar-refractivity contribution in [1.82, 2.24) is 20.7 Å². The van der Waals surface area contributed by atoms with E-state index in [2.05, 4.69) is 20.7 Å². The van der Waals surface area contributed by atoms with Crippen molar-refractivity contribution in [3.05, 3.63) is 17.7 Å². The van der Waals surface area contributed by atoms with Gasteiger partial charge in [0.25, 0.3) is 5.91 Å². The molecule has 2 N–H and O–H groups in total. The van der Waals surface area contributed by atoms with Crippen LogP contribution in [0.25, 0.3) is 11.0 Å². The fraction of sp³-hybridized carbons (Fsp3) is 0.556. The maximum Gasteiger partial charge on any atom is 0.328 e. The monoisotopic (exact) mass is 360 g/mol. The molecule has 1 fully saturated rings. The van der Waals surface area contributed by atoms with E-state index in [0.29, 0.717) is 34.7 Å². The Morgan fingerprint density at radius 2 is 1.88 bits per heavy atom. The van der Waals surface area contributed by atoms with E-state index in [0.717, 1.165) is 12.8 Å². The number of nitrogens with zero attached hydrogens (tertiary/aromatic N) is 2.